The summed E-state index contributed by atoms with van der Waals surface area (Å²) < 4.78 is 0. The zero-order chi connectivity index (χ0) is 12.3. The smallest absolute Gasteiger partial charge is 0.237 e. The lowest BCUT2D eigenvalue weighted by Gasteiger charge is -2.24. The van der Waals surface area contributed by atoms with Crippen molar-refractivity contribution in [3.8, 4) is 0 Å². The highest BCUT2D eigenvalue weighted by molar-refractivity contribution is 5.82. The second-order valence-corrected chi connectivity index (χ2v) is 5.54. The van der Waals surface area contributed by atoms with E-state index in [2.05, 4.69) is 17.2 Å². The van der Waals surface area contributed by atoms with E-state index in [9.17, 15) is 4.79 Å². The van der Waals surface area contributed by atoms with Crippen LogP contribution < -0.4 is 10.6 Å². The molecule has 4 atom stereocenters. The molecule has 1 saturated heterocycles. The van der Waals surface area contributed by atoms with E-state index in [1.807, 2.05) is 13.0 Å². The summed E-state index contributed by atoms with van der Waals surface area (Å²) in [6, 6.07) is 0.828. The monoisotopic (exact) mass is 236 g/mol. The Bertz CT molecular complexity index is 276. The molecule has 0 spiro atoms. The Morgan fingerprint density at radius 2 is 2.29 bits per heavy atom. The predicted octanol–water partition coefficient (Wildman–Crippen LogP) is 1.99. The van der Waals surface area contributed by atoms with E-state index in [4.69, 9.17) is 0 Å². The minimum atomic E-state index is 0.0374. The summed E-state index contributed by atoms with van der Waals surface area (Å²) in [4.78, 5) is 12.1. The van der Waals surface area contributed by atoms with Gasteiger partial charge in [0.1, 0.15) is 0 Å². The number of nitrogens with one attached hydrogen (secondary N) is 2. The highest BCUT2D eigenvalue weighted by atomic mass is 16.2. The fourth-order valence-corrected chi connectivity index (χ4v) is 3.17. The van der Waals surface area contributed by atoms with E-state index in [-0.39, 0.29) is 18.0 Å². The van der Waals surface area contributed by atoms with Crippen LogP contribution >= 0.6 is 0 Å². The fraction of sp³-hybridized carbons (Fsp3) is 0.786. The lowest BCUT2D eigenvalue weighted by molar-refractivity contribution is -0.123. The first-order valence-corrected chi connectivity index (χ1v) is 6.88. The van der Waals surface area contributed by atoms with Gasteiger partial charge in [-0.15, -0.1) is 6.58 Å². The zero-order valence-corrected chi connectivity index (χ0v) is 10.7. The third-order valence-corrected chi connectivity index (χ3v) is 4.09. The molecule has 0 bridgehead atoms. The Balaban J connectivity index is 1.82. The molecule has 2 N–H and O–H groups in total. The predicted molar refractivity (Wildman–Crippen MR) is 69.7 cm³/mol. The molecule has 0 aromatic rings. The molecule has 0 radical (unpaired) electrons. The fourth-order valence-electron chi connectivity index (χ4n) is 3.17. The third-order valence-electron chi connectivity index (χ3n) is 4.09. The SMILES string of the molecule is C=CCC(C)NC(=O)C1CC2CCCCC2N1. The summed E-state index contributed by atoms with van der Waals surface area (Å²) in [5, 5.41) is 6.56. The van der Waals surface area contributed by atoms with Crippen LogP contribution in [0.4, 0.5) is 0 Å². The molecular formula is C14H24N2O. The number of carbonyl (C=O) groups excluding carboxylic acids is 1. The minimum Gasteiger partial charge on any atom is -0.352 e. The van der Waals surface area contributed by atoms with Crippen LogP contribution in [0.15, 0.2) is 12.7 Å². The Labute approximate surface area is 104 Å². The number of amides is 1. The molecule has 3 heteroatoms. The Morgan fingerprint density at radius 3 is 3.00 bits per heavy atom. The van der Waals surface area contributed by atoms with Crippen molar-refractivity contribution in [2.24, 2.45) is 5.92 Å². The maximum absolute atomic E-state index is 12.1. The summed E-state index contributed by atoms with van der Waals surface area (Å²) >= 11 is 0. The van der Waals surface area contributed by atoms with Crippen molar-refractivity contribution < 1.29 is 4.79 Å². The van der Waals surface area contributed by atoms with E-state index in [0.29, 0.717) is 6.04 Å². The quantitative estimate of drug-likeness (QED) is 0.733. The summed E-state index contributed by atoms with van der Waals surface area (Å²) in [6.07, 6.45) is 8.91. The number of hydrogen-bond acceptors (Lipinski definition) is 2. The molecular weight excluding hydrogens is 212 g/mol. The molecule has 2 aliphatic rings. The van der Waals surface area contributed by atoms with Crippen LogP contribution in [0, 0.1) is 5.92 Å². The third kappa shape index (κ3) is 3.09. The topological polar surface area (TPSA) is 41.1 Å². The normalized spacial score (nSPS) is 33.8. The number of carbonyl (C=O) groups is 1. The van der Waals surface area contributed by atoms with Crippen molar-refractivity contribution >= 4 is 5.91 Å². The number of fused-ring (bicyclic) bond motifs is 1. The maximum Gasteiger partial charge on any atom is 0.237 e. The van der Waals surface area contributed by atoms with E-state index in [1.165, 1.54) is 25.7 Å². The summed E-state index contributed by atoms with van der Waals surface area (Å²) in [5.41, 5.74) is 0. The van der Waals surface area contributed by atoms with E-state index in [1.54, 1.807) is 0 Å². The molecule has 0 aromatic heterocycles. The van der Waals surface area contributed by atoms with Gasteiger partial charge >= 0.3 is 0 Å². The first-order chi connectivity index (χ1) is 8.20. The van der Waals surface area contributed by atoms with Gasteiger partial charge in [0.05, 0.1) is 6.04 Å². The molecule has 1 aliphatic heterocycles. The van der Waals surface area contributed by atoms with Crippen molar-refractivity contribution in [2.75, 3.05) is 0 Å². The summed E-state index contributed by atoms with van der Waals surface area (Å²) in [7, 11) is 0. The van der Waals surface area contributed by atoms with Gasteiger partial charge in [0, 0.05) is 12.1 Å². The molecule has 1 amide bonds. The van der Waals surface area contributed by atoms with Crippen LogP contribution in [0.3, 0.4) is 0 Å². The molecule has 3 nitrogen and oxygen atoms in total. The highest BCUT2D eigenvalue weighted by Gasteiger charge is 2.38. The first-order valence-electron chi connectivity index (χ1n) is 6.88. The second-order valence-electron chi connectivity index (χ2n) is 5.54. The standard InChI is InChI=1S/C14H24N2O/c1-3-6-10(2)15-14(17)13-9-11-7-4-5-8-12(11)16-13/h3,10-13,16H,1,4-9H2,2H3,(H,15,17). The molecule has 17 heavy (non-hydrogen) atoms. The van der Waals surface area contributed by atoms with Crippen LogP contribution in [-0.2, 0) is 4.79 Å². The van der Waals surface area contributed by atoms with Crippen LogP contribution in [0.5, 0.6) is 0 Å². The van der Waals surface area contributed by atoms with Crippen LogP contribution in [0.2, 0.25) is 0 Å². The molecule has 0 aromatic carbocycles. The number of rotatable bonds is 4. The van der Waals surface area contributed by atoms with Crippen molar-refractivity contribution in [3.63, 3.8) is 0 Å². The summed E-state index contributed by atoms with van der Waals surface area (Å²) in [5.74, 6) is 0.906. The van der Waals surface area contributed by atoms with Crippen molar-refractivity contribution in [3.05, 3.63) is 12.7 Å². The van der Waals surface area contributed by atoms with Gasteiger partial charge in [-0.05, 0) is 38.5 Å². The van der Waals surface area contributed by atoms with Gasteiger partial charge in [0.25, 0.3) is 0 Å². The van der Waals surface area contributed by atoms with E-state index >= 15 is 0 Å². The van der Waals surface area contributed by atoms with Gasteiger partial charge in [-0.25, -0.2) is 0 Å². The molecule has 4 unspecified atom stereocenters. The lowest BCUT2D eigenvalue weighted by Crippen LogP contribution is -2.45. The van der Waals surface area contributed by atoms with Crippen LogP contribution in [0.1, 0.15) is 45.4 Å². The van der Waals surface area contributed by atoms with Crippen molar-refractivity contribution in [1.29, 1.82) is 0 Å². The molecule has 1 aliphatic carbocycles. The Kier molecular flexibility index (Phi) is 4.21. The minimum absolute atomic E-state index is 0.0374. The van der Waals surface area contributed by atoms with Gasteiger partial charge in [0.15, 0.2) is 0 Å². The largest absolute Gasteiger partial charge is 0.352 e. The second kappa shape index (κ2) is 5.67. The van der Waals surface area contributed by atoms with Crippen LogP contribution in [-0.4, -0.2) is 24.0 Å². The van der Waals surface area contributed by atoms with Gasteiger partial charge in [-0.3, -0.25) is 4.79 Å². The maximum atomic E-state index is 12.1. The van der Waals surface area contributed by atoms with Gasteiger partial charge < -0.3 is 10.6 Å². The Hall–Kier alpha value is -0.830. The van der Waals surface area contributed by atoms with Gasteiger partial charge in [0.2, 0.25) is 5.91 Å². The summed E-state index contributed by atoms with van der Waals surface area (Å²) in [6.45, 7) is 5.73. The van der Waals surface area contributed by atoms with Crippen LogP contribution in [0.25, 0.3) is 0 Å². The van der Waals surface area contributed by atoms with Crippen molar-refractivity contribution in [2.45, 2.75) is 63.6 Å². The molecule has 96 valence electrons. The first kappa shape index (κ1) is 12.6. The molecule has 1 saturated carbocycles. The molecule has 2 fully saturated rings. The average molecular weight is 236 g/mol. The van der Waals surface area contributed by atoms with E-state index < -0.39 is 0 Å². The van der Waals surface area contributed by atoms with Gasteiger partial charge in [-0.2, -0.15) is 0 Å². The highest BCUT2D eigenvalue weighted by Crippen LogP contribution is 2.33. The molecule has 2 rings (SSSR count). The molecule has 1 heterocycles. The number of hydrogen-bond donors (Lipinski definition) is 2. The lowest BCUT2D eigenvalue weighted by atomic mass is 9.85. The van der Waals surface area contributed by atoms with Gasteiger partial charge in [-0.1, -0.05) is 18.9 Å². The Morgan fingerprint density at radius 1 is 1.53 bits per heavy atom. The zero-order valence-electron chi connectivity index (χ0n) is 10.7. The van der Waals surface area contributed by atoms with Crippen molar-refractivity contribution in [1.82, 2.24) is 10.6 Å². The average Bonchev–Trinajstić information content (AvgIpc) is 2.72. The van der Waals surface area contributed by atoms with E-state index in [0.717, 1.165) is 18.8 Å².